The standard InChI is InChI=1S/C11H21NO2S/c1-3-15-7-6-12-5-4-9(2)8-10(12)11(13)14/h9-10H,3-8H2,1-2H3,(H,13,14). The molecule has 1 saturated heterocycles. The number of hydrogen-bond donors (Lipinski definition) is 1. The molecule has 15 heavy (non-hydrogen) atoms. The third kappa shape index (κ3) is 4.03. The predicted molar refractivity (Wildman–Crippen MR) is 64.4 cm³/mol. The molecule has 0 aliphatic carbocycles. The van der Waals surface area contributed by atoms with Crippen LogP contribution >= 0.6 is 11.8 Å². The second-order valence-electron chi connectivity index (χ2n) is 4.22. The molecule has 0 radical (unpaired) electrons. The van der Waals surface area contributed by atoms with Gasteiger partial charge in [0.15, 0.2) is 0 Å². The molecule has 1 aliphatic heterocycles. The van der Waals surface area contributed by atoms with Crippen molar-refractivity contribution in [1.29, 1.82) is 0 Å². The Hall–Kier alpha value is -0.220. The molecule has 1 N–H and O–H groups in total. The van der Waals surface area contributed by atoms with Gasteiger partial charge in [0.05, 0.1) is 0 Å². The van der Waals surface area contributed by atoms with Gasteiger partial charge in [-0.1, -0.05) is 13.8 Å². The summed E-state index contributed by atoms with van der Waals surface area (Å²) in [4.78, 5) is 13.2. The van der Waals surface area contributed by atoms with Crippen LogP contribution < -0.4 is 0 Å². The van der Waals surface area contributed by atoms with E-state index in [2.05, 4.69) is 18.7 Å². The second-order valence-corrected chi connectivity index (χ2v) is 5.61. The van der Waals surface area contributed by atoms with E-state index in [1.165, 1.54) is 0 Å². The summed E-state index contributed by atoms with van der Waals surface area (Å²) in [6.07, 6.45) is 1.95. The Morgan fingerprint density at radius 2 is 2.33 bits per heavy atom. The molecule has 1 rings (SSSR count). The minimum absolute atomic E-state index is 0.244. The number of carboxylic acid groups (broad SMARTS) is 1. The van der Waals surface area contributed by atoms with E-state index < -0.39 is 5.97 Å². The number of nitrogens with zero attached hydrogens (tertiary/aromatic N) is 1. The van der Waals surface area contributed by atoms with Crippen LogP contribution in [0.25, 0.3) is 0 Å². The zero-order valence-corrected chi connectivity index (χ0v) is 10.4. The van der Waals surface area contributed by atoms with E-state index in [0.29, 0.717) is 5.92 Å². The lowest BCUT2D eigenvalue weighted by Gasteiger charge is -2.35. The maximum absolute atomic E-state index is 11.1. The van der Waals surface area contributed by atoms with Crippen LogP contribution in [0.3, 0.4) is 0 Å². The van der Waals surface area contributed by atoms with Crippen molar-refractivity contribution >= 4 is 17.7 Å². The molecule has 88 valence electrons. The highest BCUT2D eigenvalue weighted by molar-refractivity contribution is 7.99. The molecule has 0 saturated carbocycles. The van der Waals surface area contributed by atoms with Crippen LogP contribution in [0.5, 0.6) is 0 Å². The number of carbonyl (C=O) groups is 1. The first-order valence-corrected chi connectivity index (χ1v) is 6.85. The fraction of sp³-hybridized carbons (Fsp3) is 0.909. The van der Waals surface area contributed by atoms with E-state index in [0.717, 1.165) is 37.4 Å². The van der Waals surface area contributed by atoms with E-state index >= 15 is 0 Å². The number of rotatable bonds is 5. The smallest absolute Gasteiger partial charge is 0.320 e. The summed E-state index contributed by atoms with van der Waals surface area (Å²) in [7, 11) is 0. The van der Waals surface area contributed by atoms with Gasteiger partial charge in [0.1, 0.15) is 6.04 Å². The Bertz CT molecular complexity index is 211. The van der Waals surface area contributed by atoms with Gasteiger partial charge in [-0.15, -0.1) is 0 Å². The molecule has 0 aromatic heterocycles. The normalized spacial score (nSPS) is 27.9. The average molecular weight is 231 g/mol. The lowest BCUT2D eigenvalue weighted by molar-refractivity contribution is -0.145. The monoisotopic (exact) mass is 231 g/mol. The number of likely N-dealkylation sites (tertiary alicyclic amines) is 1. The van der Waals surface area contributed by atoms with Gasteiger partial charge < -0.3 is 5.11 Å². The summed E-state index contributed by atoms with van der Waals surface area (Å²) in [5.74, 6) is 2.07. The highest BCUT2D eigenvalue weighted by atomic mass is 32.2. The van der Waals surface area contributed by atoms with Crippen molar-refractivity contribution in [3.8, 4) is 0 Å². The number of aliphatic carboxylic acids is 1. The largest absolute Gasteiger partial charge is 0.480 e. The lowest BCUT2D eigenvalue weighted by atomic mass is 9.92. The van der Waals surface area contributed by atoms with Gasteiger partial charge in [0.2, 0.25) is 0 Å². The fourth-order valence-electron chi connectivity index (χ4n) is 2.04. The van der Waals surface area contributed by atoms with Crippen LogP contribution in [0.15, 0.2) is 0 Å². The molecule has 0 aromatic carbocycles. The van der Waals surface area contributed by atoms with Crippen LogP contribution in [-0.4, -0.2) is 46.6 Å². The maximum atomic E-state index is 11.1. The van der Waals surface area contributed by atoms with Gasteiger partial charge in [-0.25, -0.2) is 0 Å². The van der Waals surface area contributed by atoms with Crippen LogP contribution in [0.2, 0.25) is 0 Å². The summed E-state index contributed by atoms with van der Waals surface area (Å²) in [5.41, 5.74) is 0. The predicted octanol–water partition coefficient (Wildman–Crippen LogP) is 1.92. The lowest BCUT2D eigenvalue weighted by Crippen LogP contribution is -2.47. The molecule has 2 atom stereocenters. The summed E-state index contributed by atoms with van der Waals surface area (Å²) >= 11 is 1.88. The molecule has 3 nitrogen and oxygen atoms in total. The molecule has 0 spiro atoms. The van der Waals surface area contributed by atoms with Crippen molar-refractivity contribution in [3.05, 3.63) is 0 Å². The van der Waals surface area contributed by atoms with Crippen molar-refractivity contribution in [2.45, 2.75) is 32.7 Å². The third-order valence-corrected chi connectivity index (χ3v) is 3.87. The van der Waals surface area contributed by atoms with E-state index in [1.54, 1.807) is 0 Å². The SMILES string of the molecule is CCSCCN1CCC(C)CC1C(=O)O. The van der Waals surface area contributed by atoms with Gasteiger partial charge >= 0.3 is 5.97 Å². The summed E-state index contributed by atoms with van der Waals surface area (Å²) in [6.45, 7) is 6.15. The molecule has 0 amide bonds. The minimum Gasteiger partial charge on any atom is -0.480 e. The first-order valence-electron chi connectivity index (χ1n) is 5.69. The van der Waals surface area contributed by atoms with Crippen molar-refractivity contribution in [3.63, 3.8) is 0 Å². The molecule has 0 bridgehead atoms. The number of thioether (sulfide) groups is 1. The molecule has 1 heterocycles. The molecule has 4 heteroatoms. The van der Waals surface area contributed by atoms with Crippen molar-refractivity contribution in [2.24, 2.45) is 5.92 Å². The van der Waals surface area contributed by atoms with E-state index in [-0.39, 0.29) is 6.04 Å². The van der Waals surface area contributed by atoms with E-state index in [4.69, 9.17) is 5.11 Å². The quantitative estimate of drug-likeness (QED) is 0.734. The Labute approximate surface area is 96.2 Å². The van der Waals surface area contributed by atoms with Gasteiger partial charge in [-0.05, 0) is 31.1 Å². The third-order valence-electron chi connectivity index (χ3n) is 2.99. The first-order chi connectivity index (χ1) is 7.15. The summed E-state index contributed by atoms with van der Waals surface area (Å²) in [5, 5.41) is 9.13. The van der Waals surface area contributed by atoms with Crippen molar-refractivity contribution in [2.75, 3.05) is 24.6 Å². The zero-order chi connectivity index (χ0) is 11.3. The second kappa shape index (κ2) is 6.38. The van der Waals surface area contributed by atoms with E-state index in [9.17, 15) is 4.79 Å². The van der Waals surface area contributed by atoms with Crippen molar-refractivity contribution < 1.29 is 9.90 Å². The van der Waals surface area contributed by atoms with Gasteiger partial charge in [-0.2, -0.15) is 11.8 Å². The Balaban J connectivity index is 2.42. The molecular weight excluding hydrogens is 210 g/mol. The number of hydrogen-bond acceptors (Lipinski definition) is 3. The highest BCUT2D eigenvalue weighted by Gasteiger charge is 2.30. The molecule has 1 fully saturated rings. The summed E-state index contributed by atoms with van der Waals surface area (Å²) in [6, 6.07) is -0.244. The molecule has 1 aliphatic rings. The van der Waals surface area contributed by atoms with Crippen LogP contribution in [0, 0.1) is 5.92 Å². The Morgan fingerprint density at radius 3 is 2.93 bits per heavy atom. The topological polar surface area (TPSA) is 40.5 Å². The van der Waals surface area contributed by atoms with Crippen LogP contribution in [0.4, 0.5) is 0 Å². The molecule has 2 unspecified atom stereocenters. The Kier molecular flexibility index (Phi) is 5.47. The number of carboxylic acids is 1. The fourth-order valence-corrected chi connectivity index (χ4v) is 2.69. The van der Waals surface area contributed by atoms with E-state index in [1.807, 2.05) is 11.8 Å². The maximum Gasteiger partial charge on any atom is 0.320 e. The summed E-state index contributed by atoms with van der Waals surface area (Å²) < 4.78 is 0. The molecular formula is C11H21NO2S. The highest BCUT2D eigenvalue weighted by Crippen LogP contribution is 2.22. The van der Waals surface area contributed by atoms with Crippen LogP contribution in [0.1, 0.15) is 26.7 Å². The van der Waals surface area contributed by atoms with Gasteiger partial charge in [-0.3, -0.25) is 9.69 Å². The number of piperidine rings is 1. The first kappa shape index (κ1) is 12.8. The molecule has 0 aromatic rings. The zero-order valence-electron chi connectivity index (χ0n) is 9.61. The average Bonchev–Trinajstić information content (AvgIpc) is 2.20. The van der Waals surface area contributed by atoms with Crippen molar-refractivity contribution in [1.82, 2.24) is 4.90 Å². The van der Waals surface area contributed by atoms with Gasteiger partial charge in [0.25, 0.3) is 0 Å². The minimum atomic E-state index is -0.650. The van der Waals surface area contributed by atoms with Gasteiger partial charge in [0, 0.05) is 12.3 Å². The Morgan fingerprint density at radius 1 is 1.60 bits per heavy atom. The van der Waals surface area contributed by atoms with Crippen LogP contribution in [-0.2, 0) is 4.79 Å².